The van der Waals surface area contributed by atoms with Crippen molar-refractivity contribution in [2.24, 2.45) is 5.92 Å². The first kappa shape index (κ1) is 17.5. The van der Waals surface area contributed by atoms with Crippen molar-refractivity contribution in [1.29, 1.82) is 0 Å². The first-order valence-electron chi connectivity index (χ1n) is 6.78. The molecular weight excluding hydrogens is 292 g/mol. The van der Waals surface area contributed by atoms with Crippen LogP contribution < -0.4 is 5.32 Å². The van der Waals surface area contributed by atoms with Gasteiger partial charge in [0, 0.05) is 26.3 Å². The van der Waals surface area contributed by atoms with Gasteiger partial charge >= 0.3 is 5.97 Å². The molecule has 0 bridgehead atoms. The molecule has 0 saturated heterocycles. The number of sulfonamides is 1. The van der Waals surface area contributed by atoms with E-state index in [1.807, 2.05) is 6.92 Å². The van der Waals surface area contributed by atoms with Crippen molar-refractivity contribution in [3.05, 3.63) is 24.3 Å². The molecule has 0 aliphatic heterocycles. The molecule has 1 aromatic rings. The lowest BCUT2D eigenvalue weighted by atomic mass is 10.0. The van der Waals surface area contributed by atoms with Crippen molar-refractivity contribution in [3.63, 3.8) is 0 Å². The van der Waals surface area contributed by atoms with Gasteiger partial charge in [-0.3, -0.25) is 4.79 Å². The van der Waals surface area contributed by atoms with Crippen LogP contribution in [-0.4, -0.2) is 44.4 Å². The highest BCUT2D eigenvalue weighted by molar-refractivity contribution is 7.89. The second-order valence-electron chi connectivity index (χ2n) is 5.02. The minimum absolute atomic E-state index is 0.210. The lowest BCUT2D eigenvalue weighted by Gasteiger charge is -2.14. The molecule has 21 heavy (non-hydrogen) atoms. The normalized spacial score (nSPS) is 13.1. The van der Waals surface area contributed by atoms with Crippen LogP contribution in [0.5, 0.6) is 0 Å². The van der Waals surface area contributed by atoms with Crippen molar-refractivity contribution in [1.82, 2.24) is 4.31 Å². The molecule has 1 atom stereocenters. The predicted octanol–water partition coefficient (Wildman–Crippen LogP) is 1.85. The summed E-state index contributed by atoms with van der Waals surface area (Å²) in [7, 11) is -0.484. The zero-order chi connectivity index (χ0) is 16.0. The first-order valence-corrected chi connectivity index (χ1v) is 8.22. The Morgan fingerprint density at radius 1 is 1.29 bits per heavy atom. The Bertz CT molecular complexity index is 567. The zero-order valence-electron chi connectivity index (χ0n) is 12.5. The van der Waals surface area contributed by atoms with Crippen molar-refractivity contribution in [2.75, 3.05) is 26.0 Å². The monoisotopic (exact) mass is 314 g/mol. The number of carbonyl (C=O) groups is 1. The average molecular weight is 314 g/mol. The molecule has 0 spiro atoms. The van der Waals surface area contributed by atoms with E-state index in [1.54, 1.807) is 12.1 Å². The number of nitrogens with one attached hydrogen (secondary N) is 1. The summed E-state index contributed by atoms with van der Waals surface area (Å²) >= 11 is 0. The molecule has 118 valence electrons. The summed E-state index contributed by atoms with van der Waals surface area (Å²) in [5.74, 6) is -1.27. The molecule has 0 amide bonds. The van der Waals surface area contributed by atoms with E-state index in [0.717, 1.165) is 10.7 Å². The second kappa shape index (κ2) is 7.42. The molecule has 6 nitrogen and oxygen atoms in total. The van der Waals surface area contributed by atoms with Crippen LogP contribution in [0.4, 0.5) is 5.69 Å². The van der Waals surface area contributed by atoms with E-state index in [2.05, 4.69) is 5.32 Å². The van der Waals surface area contributed by atoms with E-state index < -0.39 is 21.9 Å². The second-order valence-corrected chi connectivity index (χ2v) is 7.17. The van der Waals surface area contributed by atoms with Gasteiger partial charge in [-0.1, -0.05) is 13.3 Å². The standard InChI is InChI=1S/C14H22N2O4S/c1-4-5-11(14(17)18)10-15-12-6-8-13(9-7-12)21(19,20)16(2)3/h6-9,11,15H,4-5,10H2,1-3H3,(H,17,18). The number of hydrogen-bond donors (Lipinski definition) is 2. The van der Waals surface area contributed by atoms with Gasteiger partial charge in [-0.2, -0.15) is 0 Å². The van der Waals surface area contributed by atoms with E-state index >= 15 is 0 Å². The van der Waals surface area contributed by atoms with E-state index in [4.69, 9.17) is 5.11 Å². The molecule has 0 radical (unpaired) electrons. The lowest BCUT2D eigenvalue weighted by Crippen LogP contribution is -2.23. The van der Waals surface area contributed by atoms with Gasteiger partial charge in [0.2, 0.25) is 10.0 Å². The summed E-state index contributed by atoms with van der Waals surface area (Å²) in [5.41, 5.74) is 0.704. The molecule has 2 N–H and O–H groups in total. The van der Waals surface area contributed by atoms with Gasteiger partial charge in [0.1, 0.15) is 0 Å². The van der Waals surface area contributed by atoms with Gasteiger partial charge < -0.3 is 10.4 Å². The van der Waals surface area contributed by atoms with Crippen molar-refractivity contribution < 1.29 is 18.3 Å². The van der Waals surface area contributed by atoms with Gasteiger partial charge in [-0.25, -0.2) is 12.7 Å². The highest BCUT2D eigenvalue weighted by Gasteiger charge is 2.18. The summed E-state index contributed by atoms with van der Waals surface area (Å²) < 4.78 is 25.0. The van der Waals surface area contributed by atoms with Crippen molar-refractivity contribution in [3.8, 4) is 0 Å². The number of hydrogen-bond acceptors (Lipinski definition) is 4. The molecule has 0 aliphatic rings. The number of nitrogens with zero attached hydrogens (tertiary/aromatic N) is 1. The first-order chi connectivity index (χ1) is 9.78. The molecular formula is C14H22N2O4S. The van der Waals surface area contributed by atoms with Crippen LogP contribution in [0.3, 0.4) is 0 Å². The maximum absolute atomic E-state index is 11.9. The highest BCUT2D eigenvalue weighted by atomic mass is 32.2. The van der Waals surface area contributed by atoms with Gasteiger partial charge in [-0.15, -0.1) is 0 Å². The molecule has 0 heterocycles. The number of carboxylic acid groups (broad SMARTS) is 1. The molecule has 1 unspecified atom stereocenters. The number of aliphatic carboxylic acids is 1. The number of anilines is 1. The fourth-order valence-corrected chi connectivity index (χ4v) is 2.76. The fraction of sp³-hybridized carbons (Fsp3) is 0.500. The number of rotatable bonds is 8. The van der Waals surface area contributed by atoms with Crippen molar-refractivity contribution in [2.45, 2.75) is 24.7 Å². The minimum Gasteiger partial charge on any atom is -0.481 e. The predicted molar refractivity (Wildman–Crippen MR) is 81.8 cm³/mol. The largest absolute Gasteiger partial charge is 0.481 e. The third-order valence-corrected chi connectivity index (χ3v) is 5.00. The van der Waals surface area contributed by atoms with E-state index in [1.165, 1.54) is 26.2 Å². The third-order valence-electron chi connectivity index (χ3n) is 3.17. The highest BCUT2D eigenvalue weighted by Crippen LogP contribution is 2.17. The Labute approximate surface area is 125 Å². The summed E-state index contributed by atoms with van der Waals surface area (Å²) in [4.78, 5) is 11.3. The summed E-state index contributed by atoms with van der Waals surface area (Å²) in [5, 5.41) is 12.1. The molecule has 0 aliphatic carbocycles. The van der Waals surface area contributed by atoms with Crippen LogP contribution in [0.1, 0.15) is 19.8 Å². The van der Waals surface area contributed by atoms with Crippen LogP contribution in [0.15, 0.2) is 29.2 Å². The lowest BCUT2D eigenvalue weighted by molar-refractivity contribution is -0.141. The van der Waals surface area contributed by atoms with E-state index in [-0.39, 0.29) is 4.90 Å². The molecule has 7 heteroatoms. The maximum Gasteiger partial charge on any atom is 0.308 e. The summed E-state index contributed by atoms with van der Waals surface area (Å²) in [6.45, 7) is 2.26. The van der Waals surface area contributed by atoms with E-state index in [9.17, 15) is 13.2 Å². The van der Waals surface area contributed by atoms with Gasteiger partial charge in [0.15, 0.2) is 0 Å². The Hall–Kier alpha value is -1.60. The minimum atomic E-state index is -3.44. The topological polar surface area (TPSA) is 86.7 Å². The molecule has 0 fully saturated rings. The number of carboxylic acids is 1. The van der Waals surface area contributed by atoms with Gasteiger partial charge in [-0.05, 0) is 30.7 Å². The van der Waals surface area contributed by atoms with Gasteiger partial charge in [0.05, 0.1) is 10.8 Å². The summed E-state index contributed by atoms with van der Waals surface area (Å²) in [6.07, 6.45) is 1.41. The number of benzene rings is 1. The Kier molecular flexibility index (Phi) is 6.17. The quantitative estimate of drug-likeness (QED) is 0.764. The van der Waals surface area contributed by atoms with Crippen molar-refractivity contribution >= 4 is 21.7 Å². The molecule has 1 rings (SSSR count). The molecule has 0 aromatic heterocycles. The van der Waals surface area contributed by atoms with Crippen LogP contribution in [-0.2, 0) is 14.8 Å². The Balaban J connectivity index is 2.73. The zero-order valence-corrected chi connectivity index (χ0v) is 13.4. The van der Waals surface area contributed by atoms with Crippen LogP contribution in [0.2, 0.25) is 0 Å². The molecule has 1 aromatic carbocycles. The third kappa shape index (κ3) is 4.71. The maximum atomic E-state index is 11.9. The Morgan fingerprint density at radius 2 is 1.86 bits per heavy atom. The average Bonchev–Trinajstić information content (AvgIpc) is 2.43. The SMILES string of the molecule is CCCC(CNc1ccc(S(=O)(=O)N(C)C)cc1)C(=O)O. The van der Waals surface area contributed by atoms with Crippen LogP contribution >= 0.6 is 0 Å². The van der Waals surface area contributed by atoms with E-state index in [0.29, 0.717) is 18.7 Å². The Morgan fingerprint density at radius 3 is 2.29 bits per heavy atom. The smallest absolute Gasteiger partial charge is 0.308 e. The van der Waals surface area contributed by atoms with Crippen LogP contribution in [0.25, 0.3) is 0 Å². The summed E-state index contributed by atoms with van der Waals surface area (Å²) in [6, 6.07) is 6.29. The van der Waals surface area contributed by atoms with Crippen LogP contribution in [0, 0.1) is 5.92 Å². The fourth-order valence-electron chi connectivity index (χ4n) is 1.86. The van der Waals surface area contributed by atoms with Gasteiger partial charge in [0.25, 0.3) is 0 Å². The molecule has 0 saturated carbocycles.